The molecule has 0 fully saturated rings. The molecule has 63 heavy (non-hydrogen) atoms. The van der Waals surface area contributed by atoms with Crippen LogP contribution >= 0.6 is 0 Å². The highest BCUT2D eigenvalue weighted by Crippen LogP contribution is 2.41. The van der Waals surface area contributed by atoms with Gasteiger partial charge in [0.05, 0.1) is 27.8 Å². The molecule has 0 spiro atoms. The molecule has 0 saturated heterocycles. The molecule has 12 aromatic rings. The lowest BCUT2D eigenvalue weighted by Crippen LogP contribution is -2.09. The molecule has 1 aliphatic rings. The van der Waals surface area contributed by atoms with Crippen molar-refractivity contribution in [3.8, 4) is 22.5 Å². The third-order valence-electron chi connectivity index (χ3n) is 12.7. The van der Waals surface area contributed by atoms with Gasteiger partial charge < -0.3 is 18.9 Å². The Bertz CT molecular complexity index is 3590. The van der Waals surface area contributed by atoms with Crippen LogP contribution in [0.5, 0.6) is 0 Å². The van der Waals surface area contributed by atoms with E-state index in [-0.39, 0.29) is 6.17 Å². The molecular formula is C58H37N4O-. The van der Waals surface area contributed by atoms with E-state index < -0.39 is 0 Å². The zero-order chi connectivity index (χ0) is 41.4. The number of nitrogens with zero attached hydrogens (tertiary/aromatic N) is 4. The van der Waals surface area contributed by atoms with E-state index in [0.29, 0.717) is 0 Å². The van der Waals surface area contributed by atoms with E-state index in [0.717, 1.165) is 72.5 Å². The topological polar surface area (TPSA) is 49.5 Å². The van der Waals surface area contributed by atoms with Crippen LogP contribution in [0, 0.1) is 0 Å². The molecule has 1 aliphatic heterocycles. The summed E-state index contributed by atoms with van der Waals surface area (Å²) in [6, 6.07) is 75.7. The van der Waals surface area contributed by atoms with E-state index in [1.807, 2.05) is 30.3 Å². The number of hydrogen-bond donors (Lipinski definition) is 0. The highest BCUT2D eigenvalue weighted by molar-refractivity contribution is 6.17. The maximum absolute atomic E-state index is 6.31. The summed E-state index contributed by atoms with van der Waals surface area (Å²) in [5.74, 6) is 0. The first-order valence-corrected chi connectivity index (χ1v) is 21.4. The Labute approximate surface area is 363 Å². The van der Waals surface area contributed by atoms with Crippen molar-refractivity contribution in [2.24, 2.45) is 4.99 Å². The summed E-state index contributed by atoms with van der Waals surface area (Å²) in [5.41, 5.74) is 15.7. The van der Waals surface area contributed by atoms with Gasteiger partial charge in [-0.15, -0.1) is 5.70 Å². The van der Waals surface area contributed by atoms with Gasteiger partial charge in [-0.05, 0) is 82.9 Å². The van der Waals surface area contributed by atoms with Crippen molar-refractivity contribution in [3.05, 3.63) is 240 Å². The van der Waals surface area contributed by atoms with Gasteiger partial charge in [0.15, 0.2) is 0 Å². The Hall–Kier alpha value is -8.41. The molecule has 3 aromatic heterocycles. The predicted molar refractivity (Wildman–Crippen MR) is 261 cm³/mol. The van der Waals surface area contributed by atoms with Gasteiger partial charge in [0.2, 0.25) is 0 Å². The molecule has 1 unspecified atom stereocenters. The quantitative estimate of drug-likeness (QED) is 0.165. The van der Waals surface area contributed by atoms with Crippen molar-refractivity contribution in [1.29, 1.82) is 0 Å². The van der Waals surface area contributed by atoms with Crippen LogP contribution in [0.15, 0.2) is 228 Å². The monoisotopic (exact) mass is 805 g/mol. The Morgan fingerprint density at radius 2 is 0.857 bits per heavy atom. The van der Waals surface area contributed by atoms with Crippen molar-refractivity contribution < 1.29 is 4.42 Å². The summed E-state index contributed by atoms with van der Waals surface area (Å²) in [4.78, 5) is 5.21. The summed E-state index contributed by atoms with van der Waals surface area (Å²) >= 11 is 0. The van der Waals surface area contributed by atoms with Gasteiger partial charge in [0.1, 0.15) is 11.2 Å². The zero-order valence-electron chi connectivity index (χ0n) is 34.1. The maximum atomic E-state index is 6.31. The molecule has 5 heteroatoms. The Kier molecular flexibility index (Phi) is 7.90. The van der Waals surface area contributed by atoms with Gasteiger partial charge in [-0.25, -0.2) is 0 Å². The molecule has 296 valence electrons. The molecule has 0 N–H and O–H groups in total. The van der Waals surface area contributed by atoms with Gasteiger partial charge in [0, 0.05) is 55.4 Å². The lowest BCUT2D eigenvalue weighted by molar-refractivity contribution is 0.669. The fourth-order valence-electron chi connectivity index (χ4n) is 9.73. The lowest BCUT2D eigenvalue weighted by Gasteiger charge is -2.37. The number of benzene rings is 9. The van der Waals surface area contributed by atoms with Gasteiger partial charge in [-0.1, -0.05) is 158 Å². The van der Waals surface area contributed by atoms with Crippen molar-refractivity contribution in [2.75, 3.05) is 0 Å². The zero-order valence-corrected chi connectivity index (χ0v) is 34.1. The van der Waals surface area contributed by atoms with Crippen molar-refractivity contribution in [1.82, 2.24) is 9.13 Å². The van der Waals surface area contributed by atoms with Gasteiger partial charge in [-0.3, -0.25) is 4.99 Å². The second kappa shape index (κ2) is 14.1. The summed E-state index contributed by atoms with van der Waals surface area (Å²) in [6.45, 7) is 0. The molecule has 0 amide bonds. The first-order valence-electron chi connectivity index (χ1n) is 21.4. The molecule has 0 saturated carbocycles. The van der Waals surface area contributed by atoms with Gasteiger partial charge in [-0.2, -0.15) is 0 Å². The molecular weight excluding hydrogens is 769 g/mol. The summed E-state index contributed by atoms with van der Waals surface area (Å²) < 4.78 is 11.1. The summed E-state index contributed by atoms with van der Waals surface area (Å²) in [7, 11) is 0. The van der Waals surface area contributed by atoms with Crippen LogP contribution in [0.25, 0.3) is 99.1 Å². The molecule has 0 radical (unpaired) electrons. The second-order valence-corrected chi connectivity index (χ2v) is 16.3. The van der Waals surface area contributed by atoms with Crippen LogP contribution in [0.2, 0.25) is 0 Å². The number of allylic oxidation sites excluding steroid dienone is 1. The van der Waals surface area contributed by atoms with E-state index in [4.69, 9.17) is 14.7 Å². The SMILES string of the molecule is C1=C(c2ccc(-c3cc(-n4c5ccccc5c5ccccc54)cc(-n4c5ccccc5c5ccccc54)c3)cc2)[N-]C(c2ccccc2)N=C1c1ccc2c(c1)oc1ccccc12. The van der Waals surface area contributed by atoms with E-state index in [9.17, 15) is 0 Å². The summed E-state index contributed by atoms with van der Waals surface area (Å²) in [6.07, 6.45) is 1.73. The van der Waals surface area contributed by atoms with E-state index in [1.54, 1.807) is 0 Å². The minimum Gasteiger partial charge on any atom is -0.659 e. The first kappa shape index (κ1) is 35.4. The summed E-state index contributed by atoms with van der Waals surface area (Å²) in [5, 5.41) is 12.4. The Morgan fingerprint density at radius 3 is 1.44 bits per heavy atom. The second-order valence-electron chi connectivity index (χ2n) is 16.3. The van der Waals surface area contributed by atoms with Crippen LogP contribution in [-0.4, -0.2) is 14.8 Å². The van der Waals surface area contributed by atoms with E-state index in [1.165, 1.54) is 43.6 Å². The molecule has 0 bridgehead atoms. The maximum Gasteiger partial charge on any atom is 0.136 e. The van der Waals surface area contributed by atoms with Crippen molar-refractivity contribution >= 4 is 77.0 Å². The Morgan fingerprint density at radius 1 is 0.381 bits per heavy atom. The molecule has 0 aliphatic carbocycles. The minimum atomic E-state index is -0.385. The normalized spacial score (nSPS) is 14.2. The number of aliphatic imine (C=N–C) groups is 1. The van der Waals surface area contributed by atoms with Gasteiger partial charge in [0.25, 0.3) is 0 Å². The number of para-hydroxylation sites is 5. The molecule has 13 rings (SSSR count). The highest BCUT2D eigenvalue weighted by Gasteiger charge is 2.18. The fraction of sp³-hybridized carbons (Fsp3) is 0.0172. The van der Waals surface area contributed by atoms with E-state index in [2.05, 4.69) is 197 Å². The fourth-order valence-corrected chi connectivity index (χ4v) is 9.73. The number of furan rings is 1. The molecule has 5 nitrogen and oxygen atoms in total. The highest BCUT2D eigenvalue weighted by atomic mass is 16.3. The molecule has 4 heterocycles. The number of rotatable bonds is 6. The average molecular weight is 806 g/mol. The third kappa shape index (κ3) is 5.74. The average Bonchev–Trinajstić information content (AvgIpc) is 4.02. The smallest absolute Gasteiger partial charge is 0.136 e. The lowest BCUT2D eigenvalue weighted by atomic mass is 9.98. The Balaban J connectivity index is 0.959. The number of fused-ring (bicyclic) bond motifs is 9. The largest absolute Gasteiger partial charge is 0.659 e. The van der Waals surface area contributed by atoms with Crippen molar-refractivity contribution in [3.63, 3.8) is 0 Å². The van der Waals surface area contributed by atoms with Crippen LogP contribution in [0.4, 0.5) is 0 Å². The number of aromatic nitrogens is 2. The molecule has 1 atom stereocenters. The predicted octanol–water partition coefficient (Wildman–Crippen LogP) is 15.4. The standard InChI is InChI=1S/C58H37N4O/c1-2-14-39(15-3-1)58-59-50(36-51(60-58)40-30-31-49-48-20-8-13-25-56(48)63-57(49)34-40)38-28-26-37(27-29-38)41-32-42(61-52-21-9-4-16-44(52)45-17-5-10-22-53(45)61)35-43(33-41)62-54-23-11-6-18-46(54)47-19-7-12-24-55(47)62/h1-36,58H/q-1. The van der Waals surface area contributed by atoms with Crippen LogP contribution < -0.4 is 0 Å². The molecule has 9 aromatic carbocycles. The van der Waals surface area contributed by atoms with Crippen LogP contribution in [0.3, 0.4) is 0 Å². The van der Waals surface area contributed by atoms with Gasteiger partial charge >= 0.3 is 0 Å². The number of hydrogen-bond acceptors (Lipinski definition) is 2. The minimum absolute atomic E-state index is 0.385. The van der Waals surface area contributed by atoms with E-state index >= 15 is 0 Å². The first-order chi connectivity index (χ1) is 31.2. The van der Waals surface area contributed by atoms with Crippen LogP contribution in [0.1, 0.15) is 22.9 Å². The van der Waals surface area contributed by atoms with Crippen LogP contribution in [-0.2, 0) is 0 Å². The van der Waals surface area contributed by atoms with Crippen molar-refractivity contribution in [2.45, 2.75) is 6.17 Å². The third-order valence-corrected chi connectivity index (χ3v) is 12.7.